The summed E-state index contributed by atoms with van der Waals surface area (Å²) in [5, 5.41) is 0. The molecule has 0 atom stereocenters. The summed E-state index contributed by atoms with van der Waals surface area (Å²) in [4.78, 5) is 0.326. The van der Waals surface area contributed by atoms with Crippen molar-refractivity contribution in [2.24, 2.45) is 0 Å². The Labute approximate surface area is 140 Å². The molecule has 0 N–H and O–H groups in total. The van der Waals surface area contributed by atoms with Crippen LogP contribution in [0, 0.1) is 6.92 Å². The van der Waals surface area contributed by atoms with Crippen molar-refractivity contribution >= 4 is 10.0 Å². The first-order chi connectivity index (χ1) is 11.0. The van der Waals surface area contributed by atoms with Crippen molar-refractivity contribution in [2.45, 2.75) is 25.2 Å². The van der Waals surface area contributed by atoms with E-state index in [9.17, 15) is 8.42 Å². The molecule has 0 bridgehead atoms. The highest BCUT2D eigenvalue weighted by molar-refractivity contribution is 7.89. The van der Waals surface area contributed by atoms with Crippen LogP contribution in [0.1, 0.15) is 18.9 Å². The molecule has 0 saturated carbocycles. The first-order valence-corrected chi connectivity index (χ1v) is 9.08. The van der Waals surface area contributed by atoms with Gasteiger partial charge in [-0.15, -0.1) is 0 Å². The van der Waals surface area contributed by atoms with Crippen LogP contribution in [0.4, 0.5) is 0 Å². The standard InChI is InChI=1S/C19H25NO2S/c1-4-6-8-9-11-17-20(16-10-7-5-2)23(21,22)19-14-12-18(3)13-15-19/h4-10,12-15H,2,11,16-17H2,1,3H3/b6-4+,9-8+,10-7+. The van der Waals surface area contributed by atoms with Gasteiger partial charge in [0.15, 0.2) is 0 Å². The van der Waals surface area contributed by atoms with Crippen LogP contribution in [0.5, 0.6) is 0 Å². The van der Waals surface area contributed by atoms with Gasteiger partial charge in [0.2, 0.25) is 10.0 Å². The summed E-state index contributed by atoms with van der Waals surface area (Å²) >= 11 is 0. The van der Waals surface area contributed by atoms with Crippen LogP contribution < -0.4 is 0 Å². The molecule has 0 aliphatic heterocycles. The number of rotatable bonds is 9. The second-order valence-corrected chi connectivity index (χ2v) is 7.02. The molecule has 124 valence electrons. The molecule has 0 aromatic heterocycles. The summed E-state index contributed by atoms with van der Waals surface area (Å²) < 4.78 is 27.1. The van der Waals surface area contributed by atoms with E-state index in [4.69, 9.17) is 0 Å². The van der Waals surface area contributed by atoms with E-state index in [-0.39, 0.29) is 0 Å². The fourth-order valence-electron chi connectivity index (χ4n) is 1.95. The van der Waals surface area contributed by atoms with Crippen LogP contribution in [0.25, 0.3) is 0 Å². The average molecular weight is 331 g/mol. The minimum atomic E-state index is -3.50. The molecule has 0 heterocycles. The van der Waals surface area contributed by atoms with Crippen LogP contribution in [-0.2, 0) is 10.0 Å². The molecule has 3 nitrogen and oxygen atoms in total. The van der Waals surface area contributed by atoms with Crippen molar-refractivity contribution in [2.75, 3.05) is 13.1 Å². The number of hydrogen-bond donors (Lipinski definition) is 0. The van der Waals surface area contributed by atoms with Gasteiger partial charge in [0, 0.05) is 13.1 Å². The van der Waals surface area contributed by atoms with Gasteiger partial charge < -0.3 is 0 Å². The SMILES string of the molecule is C=C/C=C/CN(CC/C=C/C=C/C)S(=O)(=O)c1ccc(C)cc1. The molecule has 1 aromatic rings. The van der Waals surface area contributed by atoms with Crippen molar-refractivity contribution in [1.82, 2.24) is 4.31 Å². The third-order valence-corrected chi connectivity index (χ3v) is 5.10. The van der Waals surface area contributed by atoms with Gasteiger partial charge in [0.05, 0.1) is 4.90 Å². The molecular weight excluding hydrogens is 306 g/mol. The fourth-order valence-corrected chi connectivity index (χ4v) is 3.35. The van der Waals surface area contributed by atoms with Crippen LogP contribution in [0.2, 0.25) is 0 Å². The number of hydrogen-bond acceptors (Lipinski definition) is 2. The zero-order valence-electron chi connectivity index (χ0n) is 13.9. The summed E-state index contributed by atoms with van der Waals surface area (Å²) in [6.07, 6.45) is 13.6. The van der Waals surface area contributed by atoms with Crippen LogP contribution in [0.3, 0.4) is 0 Å². The van der Waals surface area contributed by atoms with E-state index in [0.717, 1.165) is 5.56 Å². The first-order valence-electron chi connectivity index (χ1n) is 7.64. The molecular formula is C19H25NO2S. The maximum Gasteiger partial charge on any atom is 0.243 e. The summed E-state index contributed by atoms with van der Waals surface area (Å²) in [5.41, 5.74) is 1.04. The van der Waals surface area contributed by atoms with Gasteiger partial charge in [-0.05, 0) is 32.4 Å². The lowest BCUT2D eigenvalue weighted by Crippen LogP contribution is -2.32. The van der Waals surface area contributed by atoms with Gasteiger partial charge in [-0.25, -0.2) is 8.42 Å². The Morgan fingerprint density at radius 1 is 1.09 bits per heavy atom. The molecule has 0 spiro atoms. The number of allylic oxidation sites excluding steroid dienone is 5. The minimum absolute atomic E-state index is 0.326. The van der Waals surface area contributed by atoms with Crippen molar-refractivity contribution in [3.63, 3.8) is 0 Å². The van der Waals surface area contributed by atoms with Gasteiger partial charge in [-0.1, -0.05) is 66.8 Å². The van der Waals surface area contributed by atoms with E-state index in [2.05, 4.69) is 6.58 Å². The van der Waals surface area contributed by atoms with E-state index in [1.807, 2.05) is 50.3 Å². The topological polar surface area (TPSA) is 37.4 Å². The maximum atomic E-state index is 12.8. The monoisotopic (exact) mass is 331 g/mol. The molecule has 0 saturated heterocycles. The Kier molecular flexibility index (Phi) is 8.30. The Bertz CT molecular complexity index is 668. The Hall–Kier alpha value is -1.91. The second-order valence-electron chi connectivity index (χ2n) is 5.08. The van der Waals surface area contributed by atoms with Gasteiger partial charge in [-0.3, -0.25) is 0 Å². The van der Waals surface area contributed by atoms with Crippen molar-refractivity contribution in [1.29, 1.82) is 0 Å². The van der Waals surface area contributed by atoms with Crippen LogP contribution >= 0.6 is 0 Å². The number of nitrogens with zero attached hydrogens (tertiary/aromatic N) is 1. The highest BCUT2D eigenvalue weighted by atomic mass is 32.2. The smallest absolute Gasteiger partial charge is 0.207 e. The molecule has 0 aliphatic carbocycles. The lowest BCUT2D eigenvalue weighted by atomic mass is 10.2. The zero-order chi connectivity index (χ0) is 17.1. The molecule has 0 amide bonds. The first kappa shape index (κ1) is 19.1. The van der Waals surface area contributed by atoms with Crippen LogP contribution in [0.15, 0.2) is 78.3 Å². The maximum absolute atomic E-state index is 12.8. The lowest BCUT2D eigenvalue weighted by molar-refractivity contribution is 0.448. The molecule has 1 rings (SSSR count). The van der Waals surface area contributed by atoms with Crippen molar-refractivity contribution in [3.05, 3.63) is 78.9 Å². The van der Waals surface area contributed by atoms with Gasteiger partial charge in [0.1, 0.15) is 0 Å². The van der Waals surface area contributed by atoms with E-state index in [0.29, 0.717) is 24.4 Å². The summed E-state index contributed by atoms with van der Waals surface area (Å²) in [7, 11) is -3.50. The number of benzene rings is 1. The quantitative estimate of drug-likeness (QED) is 0.634. The van der Waals surface area contributed by atoms with Crippen molar-refractivity contribution in [3.8, 4) is 0 Å². The molecule has 0 unspecified atom stereocenters. The highest BCUT2D eigenvalue weighted by Gasteiger charge is 2.22. The van der Waals surface area contributed by atoms with Gasteiger partial charge in [-0.2, -0.15) is 4.31 Å². The van der Waals surface area contributed by atoms with Crippen molar-refractivity contribution < 1.29 is 8.42 Å². The van der Waals surface area contributed by atoms with E-state index in [1.165, 1.54) is 4.31 Å². The molecule has 1 aromatic carbocycles. The van der Waals surface area contributed by atoms with Gasteiger partial charge >= 0.3 is 0 Å². The van der Waals surface area contributed by atoms with E-state index < -0.39 is 10.0 Å². The molecule has 4 heteroatoms. The average Bonchev–Trinajstić information content (AvgIpc) is 2.53. The second kappa shape index (κ2) is 9.98. The summed E-state index contributed by atoms with van der Waals surface area (Å²) in [5.74, 6) is 0. The summed E-state index contributed by atoms with van der Waals surface area (Å²) in [6, 6.07) is 6.95. The predicted molar refractivity (Wildman–Crippen MR) is 97.8 cm³/mol. The van der Waals surface area contributed by atoms with Gasteiger partial charge in [0.25, 0.3) is 0 Å². The normalized spacial score (nSPS) is 12.8. The summed E-state index contributed by atoms with van der Waals surface area (Å²) in [6.45, 7) is 8.26. The van der Waals surface area contributed by atoms with Crippen LogP contribution in [-0.4, -0.2) is 25.8 Å². The number of aryl methyl sites for hydroxylation is 1. The lowest BCUT2D eigenvalue weighted by Gasteiger charge is -2.20. The Morgan fingerprint density at radius 2 is 1.78 bits per heavy atom. The number of sulfonamides is 1. The Morgan fingerprint density at radius 3 is 2.39 bits per heavy atom. The minimum Gasteiger partial charge on any atom is -0.207 e. The third kappa shape index (κ3) is 6.38. The molecule has 0 fully saturated rings. The van der Waals surface area contributed by atoms with E-state index >= 15 is 0 Å². The highest BCUT2D eigenvalue weighted by Crippen LogP contribution is 2.17. The third-order valence-electron chi connectivity index (χ3n) is 3.22. The molecule has 23 heavy (non-hydrogen) atoms. The predicted octanol–water partition coefficient (Wildman–Crippen LogP) is 4.25. The van der Waals surface area contributed by atoms with E-state index in [1.54, 1.807) is 30.4 Å². The Balaban J connectivity index is 2.93. The molecule has 0 radical (unpaired) electrons. The fraction of sp³-hybridized carbons (Fsp3) is 0.263. The largest absolute Gasteiger partial charge is 0.243 e. The zero-order valence-corrected chi connectivity index (χ0v) is 14.7. The molecule has 0 aliphatic rings.